The van der Waals surface area contributed by atoms with Crippen molar-refractivity contribution in [1.82, 2.24) is 5.32 Å². The van der Waals surface area contributed by atoms with Crippen molar-refractivity contribution >= 4 is 5.91 Å². The lowest BCUT2D eigenvalue weighted by atomic mass is 9.94. The molecule has 1 aliphatic rings. The molecule has 1 atom stereocenters. The van der Waals surface area contributed by atoms with E-state index in [0.29, 0.717) is 17.9 Å². The molecule has 1 N–H and O–H groups in total. The first kappa shape index (κ1) is 10.8. The second-order valence-electron chi connectivity index (χ2n) is 3.87. The number of rotatable bonds is 2. The highest BCUT2D eigenvalue weighted by Gasteiger charge is 2.23. The van der Waals surface area contributed by atoms with Gasteiger partial charge < -0.3 is 14.8 Å². The predicted molar refractivity (Wildman–Crippen MR) is 59.8 cm³/mol. The zero-order valence-corrected chi connectivity index (χ0v) is 9.66. The van der Waals surface area contributed by atoms with Crippen LogP contribution in [0, 0.1) is 0 Å². The van der Waals surface area contributed by atoms with Crippen molar-refractivity contribution in [2.24, 2.45) is 0 Å². The maximum atomic E-state index is 11.4. The number of hydrogen-bond acceptors (Lipinski definition) is 3. The molecule has 1 aromatic carbocycles. The molecule has 0 radical (unpaired) electrons. The molecule has 0 aromatic heterocycles. The van der Waals surface area contributed by atoms with Gasteiger partial charge in [0.05, 0.1) is 26.7 Å². The summed E-state index contributed by atoms with van der Waals surface area (Å²) in [6, 6.07) is 3.83. The van der Waals surface area contributed by atoms with Crippen molar-refractivity contribution in [3.63, 3.8) is 0 Å². The Morgan fingerprint density at radius 2 is 1.88 bits per heavy atom. The minimum atomic E-state index is 0.0241. The van der Waals surface area contributed by atoms with Crippen molar-refractivity contribution in [2.75, 3.05) is 14.2 Å². The van der Waals surface area contributed by atoms with Gasteiger partial charge in [0.2, 0.25) is 5.91 Å². The molecule has 4 nitrogen and oxygen atoms in total. The largest absolute Gasteiger partial charge is 0.493 e. The van der Waals surface area contributed by atoms with E-state index in [1.807, 2.05) is 19.1 Å². The van der Waals surface area contributed by atoms with Crippen molar-refractivity contribution in [1.29, 1.82) is 0 Å². The minimum absolute atomic E-state index is 0.0241. The average Bonchev–Trinajstić information content (AvgIpc) is 2.27. The topological polar surface area (TPSA) is 47.6 Å². The second kappa shape index (κ2) is 4.04. The third-order valence-corrected chi connectivity index (χ3v) is 2.84. The summed E-state index contributed by atoms with van der Waals surface area (Å²) in [5.74, 6) is 1.42. The van der Waals surface area contributed by atoms with E-state index in [1.165, 1.54) is 0 Å². The van der Waals surface area contributed by atoms with Crippen LogP contribution in [0.15, 0.2) is 12.1 Å². The van der Waals surface area contributed by atoms with Crippen molar-refractivity contribution in [3.05, 3.63) is 23.3 Å². The maximum Gasteiger partial charge on any atom is 0.224 e. The fourth-order valence-corrected chi connectivity index (χ4v) is 2.04. The number of carbonyl (C=O) groups excluding carboxylic acids is 1. The molecule has 0 aliphatic carbocycles. The SMILES string of the molecule is COc1cc2c(cc1OC)[C@H](C)NC(=O)C2. The van der Waals surface area contributed by atoms with Crippen LogP contribution in [0.1, 0.15) is 24.1 Å². The number of benzene rings is 1. The summed E-state index contributed by atoms with van der Waals surface area (Å²) >= 11 is 0. The van der Waals surface area contributed by atoms with Crippen LogP contribution in [0.5, 0.6) is 11.5 Å². The highest BCUT2D eigenvalue weighted by molar-refractivity contribution is 5.82. The zero-order chi connectivity index (χ0) is 11.7. The molecule has 16 heavy (non-hydrogen) atoms. The Morgan fingerprint density at radius 1 is 1.25 bits per heavy atom. The number of ether oxygens (including phenoxy) is 2. The van der Waals surface area contributed by atoms with Crippen LogP contribution in [-0.2, 0) is 11.2 Å². The lowest BCUT2D eigenvalue weighted by Gasteiger charge is -2.24. The van der Waals surface area contributed by atoms with E-state index >= 15 is 0 Å². The lowest BCUT2D eigenvalue weighted by molar-refractivity contribution is -0.121. The summed E-state index contributed by atoms with van der Waals surface area (Å²) in [5.41, 5.74) is 2.10. The Kier molecular flexibility index (Phi) is 2.73. The molecule has 0 saturated heterocycles. The summed E-state index contributed by atoms with van der Waals surface area (Å²) in [7, 11) is 3.20. The molecule has 0 saturated carbocycles. The Balaban J connectivity index is 2.51. The molecular weight excluding hydrogens is 206 g/mol. The van der Waals surface area contributed by atoms with Gasteiger partial charge in [-0.1, -0.05) is 0 Å². The smallest absolute Gasteiger partial charge is 0.224 e. The van der Waals surface area contributed by atoms with Crippen LogP contribution in [0.2, 0.25) is 0 Å². The summed E-state index contributed by atoms with van der Waals surface area (Å²) < 4.78 is 10.5. The normalized spacial score (nSPS) is 18.7. The third-order valence-electron chi connectivity index (χ3n) is 2.84. The number of amides is 1. The molecule has 0 spiro atoms. The van der Waals surface area contributed by atoms with E-state index in [0.717, 1.165) is 11.1 Å². The van der Waals surface area contributed by atoms with Crippen LogP contribution in [0.3, 0.4) is 0 Å². The molecule has 1 aliphatic heterocycles. The highest BCUT2D eigenvalue weighted by Crippen LogP contribution is 2.34. The van der Waals surface area contributed by atoms with Gasteiger partial charge in [-0.2, -0.15) is 0 Å². The second-order valence-corrected chi connectivity index (χ2v) is 3.87. The standard InChI is InChI=1S/C12H15NO3/c1-7-9-6-11(16-3)10(15-2)4-8(9)5-12(14)13-7/h4,6-7H,5H2,1-3H3,(H,13,14)/t7-/m0/s1. The van der Waals surface area contributed by atoms with E-state index < -0.39 is 0 Å². The van der Waals surface area contributed by atoms with Crippen molar-refractivity contribution in [2.45, 2.75) is 19.4 Å². The first-order valence-electron chi connectivity index (χ1n) is 5.20. The van der Waals surface area contributed by atoms with Gasteiger partial charge in [-0.15, -0.1) is 0 Å². The Labute approximate surface area is 94.6 Å². The van der Waals surface area contributed by atoms with Gasteiger partial charge in [0.1, 0.15) is 0 Å². The minimum Gasteiger partial charge on any atom is -0.493 e. The summed E-state index contributed by atoms with van der Waals surface area (Å²) in [6.45, 7) is 1.96. The lowest BCUT2D eigenvalue weighted by Crippen LogP contribution is -2.33. The number of fused-ring (bicyclic) bond motifs is 1. The van der Waals surface area contributed by atoms with E-state index in [2.05, 4.69) is 5.32 Å². The van der Waals surface area contributed by atoms with Gasteiger partial charge in [-0.05, 0) is 30.2 Å². The van der Waals surface area contributed by atoms with Gasteiger partial charge in [-0.3, -0.25) is 4.79 Å². The third kappa shape index (κ3) is 1.71. The molecule has 0 unspecified atom stereocenters. The quantitative estimate of drug-likeness (QED) is 0.822. The van der Waals surface area contributed by atoms with Gasteiger partial charge in [-0.25, -0.2) is 0 Å². The molecule has 1 heterocycles. The molecule has 1 amide bonds. The fourth-order valence-electron chi connectivity index (χ4n) is 2.04. The van der Waals surface area contributed by atoms with E-state index in [1.54, 1.807) is 14.2 Å². The average molecular weight is 221 g/mol. The maximum absolute atomic E-state index is 11.4. The number of carbonyl (C=O) groups is 1. The van der Waals surface area contributed by atoms with Gasteiger partial charge in [0, 0.05) is 0 Å². The van der Waals surface area contributed by atoms with Crippen molar-refractivity contribution in [3.8, 4) is 11.5 Å². The first-order valence-corrected chi connectivity index (χ1v) is 5.20. The Bertz CT molecular complexity index is 429. The Hall–Kier alpha value is -1.71. The highest BCUT2D eigenvalue weighted by atomic mass is 16.5. The number of nitrogens with one attached hydrogen (secondary N) is 1. The van der Waals surface area contributed by atoms with Crippen LogP contribution in [0.25, 0.3) is 0 Å². The van der Waals surface area contributed by atoms with Gasteiger partial charge in [0.15, 0.2) is 11.5 Å². The summed E-state index contributed by atoms with van der Waals surface area (Å²) in [4.78, 5) is 11.4. The number of methoxy groups -OCH3 is 2. The van der Waals surface area contributed by atoms with Crippen LogP contribution >= 0.6 is 0 Å². The van der Waals surface area contributed by atoms with Crippen LogP contribution in [0.4, 0.5) is 0 Å². The Morgan fingerprint density at radius 3 is 2.50 bits per heavy atom. The molecule has 2 rings (SSSR count). The van der Waals surface area contributed by atoms with Crippen LogP contribution < -0.4 is 14.8 Å². The van der Waals surface area contributed by atoms with Crippen molar-refractivity contribution < 1.29 is 14.3 Å². The first-order chi connectivity index (χ1) is 7.65. The van der Waals surface area contributed by atoms with E-state index in [-0.39, 0.29) is 11.9 Å². The van der Waals surface area contributed by atoms with E-state index in [9.17, 15) is 4.79 Å². The molecule has 4 heteroatoms. The molecular formula is C12H15NO3. The zero-order valence-electron chi connectivity index (χ0n) is 9.66. The number of hydrogen-bond donors (Lipinski definition) is 1. The predicted octanol–water partition coefficient (Wildman–Crippen LogP) is 1.44. The van der Waals surface area contributed by atoms with Gasteiger partial charge in [0.25, 0.3) is 0 Å². The fraction of sp³-hybridized carbons (Fsp3) is 0.417. The van der Waals surface area contributed by atoms with E-state index in [4.69, 9.17) is 9.47 Å². The molecule has 1 aromatic rings. The summed E-state index contributed by atoms with van der Waals surface area (Å²) in [5, 5.41) is 2.89. The van der Waals surface area contributed by atoms with Crippen LogP contribution in [-0.4, -0.2) is 20.1 Å². The molecule has 0 fully saturated rings. The van der Waals surface area contributed by atoms with Gasteiger partial charge >= 0.3 is 0 Å². The molecule has 86 valence electrons. The monoisotopic (exact) mass is 221 g/mol. The summed E-state index contributed by atoms with van der Waals surface area (Å²) in [6.07, 6.45) is 0.403. The molecule has 0 bridgehead atoms.